The second-order valence-corrected chi connectivity index (χ2v) is 4.94. The van der Waals surface area contributed by atoms with Crippen molar-refractivity contribution in [3.8, 4) is 0 Å². The summed E-state index contributed by atoms with van der Waals surface area (Å²) in [5, 5.41) is 3.27. The fourth-order valence-electron chi connectivity index (χ4n) is 1.88. The maximum atomic E-state index is 12.0. The van der Waals surface area contributed by atoms with Gasteiger partial charge in [0.2, 0.25) is 0 Å². The lowest BCUT2D eigenvalue weighted by Crippen LogP contribution is -2.11. The van der Waals surface area contributed by atoms with E-state index in [1.54, 1.807) is 6.07 Å². The Bertz CT molecular complexity index is 564. The number of carbonyl (C=O) groups is 1. The van der Waals surface area contributed by atoms with E-state index in [-0.39, 0.29) is 5.97 Å². The summed E-state index contributed by atoms with van der Waals surface area (Å²) in [7, 11) is 0. The molecule has 0 aromatic heterocycles. The van der Waals surface area contributed by atoms with E-state index in [1.807, 2.05) is 48.5 Å². The molecule has 2 aromatic rings. The highest BCUT2D eigenvalue weighted by atomic mass is 16.5. The van der Waals surface area contributed by atoms with Crippen LogP contribution in [-0.2, 0) is 11.3 Å². The first-order chi connectivity index (χ1) is 9.65. The maximum absolute atomic E-state index is 12.0. The Labute approximate surface area is 119 Å². The highest BCUT2D eigenvalue weighted by Gasteiger charge is 2.08. The van der Waals surface area contributed by atoms with E-state index in [2.05, 4.69) is 19.2 Å². The molecule has 3 heteroatoms. The molecule has 0 radical (unpaired) electrons. The van der Waals surface area contributed by atoms with Crippen molar-refractivity contribution in [2.45, 2.75) is 26.5 Å². The second-order valence-electron chi connectivity index (χ2n) is 4.94. The molecule has 0 heterocycles. The van der Waals surface area contributed by atoms with Gasteiger partial charge in [0.25, 0.3) is 0 Å². The molecule has 2 aromatic carbocycles. The maximum Gasteiger partial charge on any atom is 0.338 e. The van der Waals surface area contributed by atoms with Crippen LogP contribution in [0.4, 0.5) is 5.69 Å². The van der Waals surface area contributed by atoms with Crippen LogP contribution in [0, 0.1) is 0 Å². The van der Waals surface area contributed by atoms with Crippen molar-refractivity contribution in [2.75, 3.05) is 5.32 Å². The van der Waals surface area contributed by atoms with E-state index in [4.69, 9.17) is 4.74 Å². The SMILES string of the molecule is CC(C)Nc1cccc(C(=O)OCc2ccccc2)c1. The number of rotatable bonds is 5. The van der Waals surface area contributed by atoms with Crippen molar-refractivity contribution in [2.24, 2.45) is 0 Å². The molecule has 104 valence electrons. The normalized spacial score (nSPS) is 10.3. The number of benzene rings is 2. The summed E-state index contributed by atoms with van der Waals surface area (Å²) in [4.78, 5) is 12.0. The van der Waals surface area contributed by atoms with Crippen LogP contribution in [-0.4, -0.2) is 12.0 Å². The van der Waals surface area contributed by atoms with Crippen LogP contribution in [0.1, 0.15) is 29.8 Å². The standard InChI is InChI=1S/C17H19NO2/c1-13(2)18-16-10-6-9-15(11-16)17(19)20-12-14-7-4-3-5-8-14/h3-11,13,18H,12H2,1-2H3. The molecule has 0 aliphatic rings. The van der Waals surface area contributed by atoms with E-state index in [9.17, 15) is 4.79 Å². The fraction of sp³-hybridized carbons (Fsp3) is 0.235. The van der Waals surface area contributed by atoms with Gasteiger partial charge in [-0.3, -0.25) is 0 Å². The molecule has 0 aliphatic carbocycles. The van der Waals surface area contributed by atoms with Gasteiger partial charge in [0.15, 0.2) is 0 Å². The van der Waals surface area contributed by atoms with Gasteiger partial charge in [-0.1, -0.05) is 36.4 Å². The second kappa shape index (κ2) is 6.75. The smallest absolute Gasteiger partial charge is 0.338 e. The summed E-state index contributed by atoms with van der Waals surface area (Å²) >= 11 is 0. The number of nitrogens with one attached hydrogen (secondary N) is 1. The first kappa shape index (κ1) is 14.1. The van der Waals surface area contributed by atoms with Crippen molar-refractivity contribution in [3.63, 3.8) is 0 Å². The Balaban J connectivity index is 1.98. The molecule has 0 unspecified atom stereocenters. The summed E-state index contributed by atoms with van der Waals surface area (Å²) in [6.07, 6.45) is 0. The molecule has 0 atom stereocenters. The van der Waals surface area contributed by atoms with Gasteiger partial charge in [-0.25, -0.2) is 4.79 Å². The van der Waals surface area contributed by atoms with Crippen molar-refractivity contribution >= 4 is 11.7 Å². The Kier molecular flexibility index (Phi) is 4.77. The Morgan fingerprint density at radius 2 is 1.85 bits per heavy atom. The van der Waals surface area contributed by atoms with Gasteiger partial charge < -0.3 is 10.1 Å². The summed E-state index contributed by atoms with van der Waals surface area (Å²) in [5.74, 6) is -0.304. The van der Waals surface area contributed by atoms with Gasteiger partial charge >= 0.3 is 5.97 Å². The number of ether oxygens (including phenoxy) is 1. The third kappa shape index (κ3) is 4.12. The van der Waals surface area contributed by atoms with Crippen molar-refractivity contribution in [1.29, 1.82) is 0 Å². The third-order valence-corrected chi connectivity index (χ3v) is 2.77. The lowest BCUT2D eigenvalue weighted by atomic mass is 10.2. The molecule has 2 rings (SSSR count). The zero-order chi connectivity index (χ0) is 14.4. The first-order valence-corrected chi connectivity index (χ1v) is 6.73. The fourth-order valence-corrected chi connectivity index (χ4v) is 1.88. The van der Waals surface area contributed by atoms with Crippen molar-refractivity contribution < 1.29 is 9.53 Å². The Morgan fingerprint density at radius 3 is 2.55 bits per heavy atom. The molecule has 3 nitrogen and oxygen atoms in total. The third-order valence-electron chi connectivity index (χ3n) is 2.77. The minimum Gasteiger partial charge on any atom is -0.457 e. The topological polar surface area (TPSA) is 38.3 Å². The van der Waals surface area contributed by atoms with Crippen molar-refractivity contribution in [3.05, 3.63) is 65.7 Å². The summed E-state index contributed by atoms with van der Waals surface area (Å²) in [6, 6.07) is 17.3. The van der Waals surface area contributed by atoms with Crippen LogP contribution in [0.5, 0.6) is 0 Å². The molecule has 0 saturated heterocycles. The van der Waals surface area contributed by atoms with Gasteiger partial charge in [-0.15, -0.1) is 0 Å². The molecule has 0 fully saturated rings. The average Bonchev–Trinajstić information content (AvgIpc) is 2.45. The highest BCUT2D eigenvalue weighted by Crippen LogP contribution is 2.13. The highest BCUT2D eigenvalue weighted by molar-refractivity contribution is 5.90. The van der Waals surface area contributed by atoms with Crippen LogP contribution >= 0.6 is 0 Å². The molecule has 0 amide bonds. The van der Waals surface area contributed by atoms with Crippen LogP contribution < -0.4 is 5.32 Å². The van der Waals surface area contributed by atoms with Crippen LogP contribution in [0.3, 0.4) is 0 Å². The lowest BCUT2D eigenvalue weighted by molar-refractivity contribution is 0.0473. The van der Waals surface area contributed by atoms with Crippen LogP contribution in [0.15, 0.2) is 54.6 Å². The van der Waals surface area contributed by atoms with Crippen LogP contribution in [0.2, 0.25) is 0 Å². The molecule has 1 N–H and O–H groups in total. The first-order valence-electron chi connectivity index (χ1n) is 6.73. The molecular formula is C17H19NO2. The zero-order valence-electron chi connectivity index (χ0n) is 11.8. The van der Waals surface area contributed by atoms with E-state index in [0.717, 1.165) is 11.3 Å². The number of carbonyl (C=O) groups excluding carboxylic acids is 1. The van der Waals surface area contributed by atoms with E-state index >= 15 is 0 Å². The molecule has 0 saturated carbocycles. The molecule has 20 heavy (non-hydrogen) atoms. The predicted molar refractivity (Wildman–Crippen MR) is 80.8 cm³/mol. The van der Waals surface area contributed by atoms with Gasteiger partial charge in [-0.2, -0.15) is 0 Å². The minimum atomic E-state index is -0.304. The van der Waals surface area contributed by atoms with Gasteiger partial charge in [0.05, 0.1) is 5.56 Å². The van der Waals surface area contributed by atoms with Gasteiger partial charge in [-0.05, 0) is 37.6 Å². The van der Waals surface area contributed by atoms with Gasteiger partial charge in [0.1, 0.15) is 6.61 Å². The molecule has 0 aliphatic heterocycles. The Hall–Kier alpha value is -2.29. The van der Waals surface area contributed by atoms with E-state index < -0.39 is 0 Å². The number of esters is 1. The molecular weight excluding hydrogens is 250 g/mol. The largest absolute Gasteiger partial charge is 0.457 e. The number of anilines is 1. The summed E-state index contributed by atoms with van der Waals surface area (Å²) < 4.78 is 5.31. The Morgan fingerprint density at radius 1 is 1.10 bits per heavy atom. The summed E-state index contributed by atoms with van der Waals surface area (Å²) in [6.45, 7) is 4.41. The predicted octanol–water partition coefficient (Wildman–Crippen LogP) is 3.86. The zero-order valence-corrected chi connectivity index (χ0v) is 11.8. The van der Waals surface area contributed by atoms with E-state index in [1.165, 1.54) is 0 Å². The minimum absolute atomic E-state index is 0.293. The van der Waals surface area contributed by atoms with Crippen molar-refractivity contribution in [1.82, 2.24) is 0 Å². The quantitative estimate of drug-likeness (QED) is 0.837. The monoisotopic (exact) mass is 269 g/mol. The average molecular weight is 269 g/mol. The molecule has 0 spiro atoms. The van der Waals surface area contributed by atoms with Gasteiger partial charge in [0, 0.05) is 11.7 Å². The summed E-state index contributed by atoms with van der Waals surface area (Å²) in [5.41, 5.74) is 2.47. The lowest BCUT2D eigenvalue weighted by Gasteiger charge is -2.11. The number of hydrogen-bond donors (Lipinski definition) is 1. The van der Waals surface area contributed by atoms with E-state index in [0.29, 0.717) is 18.2 Å². The number of hydrogen-bond acceptors (Lipinski definition) is 3. The molecule has 0 bridgehead atoms. The van der Waals surface area contributed by atoms with Crippen LogP contribution in [0.25, 0.3) is 0 Å².